The van der Waals surface area contributed by atoms with E-state index in [1.165, 1.54) is 15.9 Å². The number of halogens is 2. The van der Waals surface area contributed by atoms with Crippen LogP contribution in [-0.2, 0) is 14.0 Å². The molecule has 0 unspecified atom stereocenters. The van der Waals surface area contributed by atoms with Gasteiger partial charge in [0, 0.05) is 0 Å². The van der Waals surface area contributed by atoms with Gasteiger partial charge in [0.05, 0.1) is 0 Å². The van der Waals surface area contributed by atoms with Gasteiger partial charge in [-0.3, -0.25) is 0 Å². The zero-order chi connectivity index (χ0) is 16.8. The molecule has 3 aromatic rings. The summed E-state index contributed by atoms with van der Waals surface area (Å²) in [5.41, 5.74) is 0. The average Bonchev–Trinajstić information content (AvgIpc) is 3.33. The van der Waals surface area contributed by atoms with E-state index in [0.29, 0.717) is 0 Å². The van der Waals surface area contributed by atoms with E-state index in [1.54, 1.807) is 0 Å². The molecule has 1 saturated heterocycles. The molecule has 1 aliphatic rings. The van der Waals surface area contributed by atoms with Crippen LogP contribution in [0.5, 0.6) is 0 Å². The maximum atomic E-state index is 5.59. The molecule has 4 rings (SSSR count). The molecule has 0 atom stereocenters. The molecule has 1 heterocycles. The van der Waals surface area contributed by atoms with Gasteiger partial charge >= 0.3 is 42.4 Å². The zero-order valence-corrected chi connectivity index (χ0v) is 17.8. The van der Waals surface area contributed by atoms with Gasteiger partial charge in [0.2, 0.25) is 0 Å². The monoisotopic (exact) mass is 555 g/mol. The quantitative estimate of drug-likeness (QED) is 0.361. The average molecular weight is 556 g/mol. The molecule has 0 aromatic heterocycles. The smallest absolute Gasteiger partial charge is 0.0134 e. The summed E-state index contributed by atoms with van der Waals surface area (Å²) in [7, 11) is 10.7. The van der Waals surface area contributed by atoms with Crippen LogP contribution in [0, 0.1) is 0 Å². The fourth-order valence-corrected chi connectivity index (χ4v) is 12.1. The molecule has 0 N–H and O–H groups in total. The fourth-order valence-electron chi connectivity index (χ4n) is 2.22. The Hall–Kier alpha value is -0.642. The number of hydrogen-bond acceptors (Lipinski definition) is 0. The van der Waals surface area contributed by atoms with Crippen LogP contribution >= 0.6 is 26.8 Å². The van der Waals surface area contributed by atoms with E-state index in [-0.39, 0.29) is 0 Å². The Morgan fingerprint density at radius 3 is 1.00 bits per heavy atom. The summed E-state index contributed by atoms with van der Waals surface area (Å²) >= 11 is -1.75. The van der Waals surface area contributed by atoms with Gasteiger partial charge in [-0.2, -0.15) is 0 Å². The minimum Gasteiger partial charge on any atom is -0.0622 e. The first-order valence-electron chi connectivity index (χ1n) is 7.59. The van der Waals surface area contributed by atoms with Crippen LogP contribution in [0.4, 0.5) is 0 Å². The number of benzene rings is 3. The van der Waals surface area contributed by atoms with Crippen LogP contribution in [0.15, 0.2) is 91.0 Å². The third-order valence-electron chi connectivity index (χ3n) is 3.44. The molecule has 3 aromatic carbocycles. The summed E-state index contributed by atoms with van der Waals surface area (Å²) < 4.78 is 0. The Kier molecular flexibility index (Phi) is 6.54. The maximum Gasteiger partial charge on any atom is -0.0134 e. The maximum absolute atomic E-state index is 5.59. The Bertz CT molecular complexity index is 648. The second-order valence-corrected chi connectivity index (χ2v) is 22.1. The number of rotatable bonds is 3. The Balaban J connectivity index is 0.000000290. The summed E-state index contributed by atoms with van der Waals surface area (Å²) in [6.45, 7) is 0. The first kappa shape index (κ1) is 18.2. The molecule has 0 nitrogen and oxygen atoms in total. The van der Waals surface area contributed by atoms with Crippen molar-refractivity contribution in [2.75, 3.05) is 0 Å². The van der Waals surface area contributed by atoms with E-state index in [9.17, 15) is 0 Å². The van der Waals surface area contributed by atoms with Crippen LogP contribution < -0.4 is 15.9 Å². The Morgan fingerprint density at radius 2 is 0.792 bits per heavy atom. The molecule has 0 aliphatic carbocycles. The van der Waals surface area contributed by atoms with E-state index in [2.05, 4.69) is 91.0 Å². The largest absolute Gasteiger partial charge is 0.0622 e. The van der Waals surface area contributed by atoms with Crippen molar-refractivity contribution in [3.8, 4) is 0 Å². The molecule has 0 spiro atoms. The van der Waals surface area contributed by atoms with Gasteiger partial charge in [0.15, 0.2) is 0 Å². The molecular weight excluding hydrogens is 537 g/mol. The van der Waals surface area contributed by atoms with Gasteiger partial charge in [0.25, 0.3) is 0 Å². The second-order valence-electron chi connectivity index (χ2n) is 5.20. The molecule has 4 heteroatoms. The summed E-state index contributed by atoms with van der Waals surface area (Å²) in [4.78, 5) is 2.33. The van der Waals surface area contributed by atoms with Gasteiger partial charge in [-0.05, 0) is 23.8 Å². The first-order chi connectivity index (χ1) is 11.7. The van der Waals surface area contributed by atoms with Gasteiger partial charge in [-0.15, -0.1) is 0 Å². The van der Waals surface area contributed by atoms with E-state index < -0.39 is 21.9 Å². The second kappa shape index (κ2) is 8.64. The molecule has 128 valence electrons. The van der Waals surface area contributed by atoms with Gasteiger partial charge in [-0.25, -0.2) is 0 Å². The number of hydrogen-bond donors (Lipinski definition) is 0. The predicted octanol–water partition coefficient (Wildman–Crippen LogP) is 5.74. The fraction of sp³-hybridized carbons (Fsp3) is 0.100. The zero-order valence-electron chi connectivity index (χ0n) is 13.1. The normalized spacial score (nSPS) is 16.0. The van der Waals surface area contributed by atoms with E-state index in [1.807, 2.05) is 0 Å². The molecule has 24 heavy (non-hydrogen) atoms. The molecule has 1 aliphatic heterocycles. The topological polar surface area (TPSA) is 0 Å². The summed E-state index contributed by atoms with van der Waals surface area (Å²) in [6, 6.07) is 32.3. The van der Waals surface area contributed by atoms with Crippen molar-refractivity contribution in [2.45, 2.75) is 9.62 Å². The third kappa shape index (κ3) is 5.43. The van der Waals surface area contributed by atoms with Crippen molar-refractivity contribution in [2.24, 2.45) is 0 Å². The van der Waals surface area contributed by atoms with Crippen molar-refractivity contribution in [3.63, 3.8) is 0 Å². The van der Waals surface area contributed by atoms with Crippen molar-refractivity contribution in [1.82, 2.24) is 0 Å². The van der Waals surface area contributed by atoms with Crippen LogP contribution in [0.1, 0.15) is 0 Å². The molecule has 0 saturated carbocycles. The molecule has 0 radical (unpaired) electrons. The molecule has 0 bridgehead atoms. The molecule has 0 amide bonds. The summed E-state index contributed by atoms with van der Waals surface area (Å²) in [5.74, 6) is 0. The van der Waals surface area contributed by atoms with Crippen molar-refractivity contribution < 1.29 is 14.0 Å². The van der Waals surface area contributed by atoms with E-state index in [4.69, 9.17) is 18.8 Å². The molecule has 1 fully saturated rings. The molecular formula is C20H19Cl2PPt. The van der Waals surface area contributed by atoms with E-state index in [0.717, 1.165) is 9.62 Å². The van der Waals surface area contributed by atoms with Gasteiger partial charge in [0.1, 0.15) is 0 Å². The Labute approximate surface area is 156 Å². The van der Waals surface area contributed by atoms with Crippen molar-refractivity contribution in [1.29, 1.82) is 0 Å². The minimum absolute atomic E-state index is 0.446. The Morgan fingerprint density at radius 1 is 0.542 bits per heavy atom. The third-order valence-corrected chi connectivity index (χ3v) is 12.7. The van der Waals surface area contributed by atoms with Crippen molar-refractivity contribution in [3.05, 3.63) is 91.0 Å². The van der Waals surface area contributed by atoms with E-state index >= 15 is 0 Å². The van der Waals surface area contributed by atoms with Crippen LogP contribution in [0.25, 0.3) is 0 Å². The summed E-state index contributed by atoms with van der Waals surface area (Å²) in [6.07, 6.45) is 0. The SMILES string of the molecule is [Cl][Pt]1([Cl])[CH2][CH2]1.c1ccc(P(c2ccccc2)c2ccccc2)cc1. The minimum atomic E-state index is -1.75. The summed E-state index contributed by atoms with van der Waals surface area (Å²) in [5, 5.41) is 4.19. The predicted molar refractivity (Wildman–Crippen MR) is 106 cm³/mol. The van der Waals surface area contributed by atoms with Gasteiger partial charge in [-0.1, -0.05) is 91.0 Å². The van der Waals surface area contributed by atoms with Crippen LogP contribution in [-0.4, -0.2) is 0 Å². The van der Waals surface area contributed by atoms with Crippen molar-refractivity contribution >= 4 is 42.7 Å². The van der Waals surface area contributed by atoms with Crippen LogP contribution in [0.2, 0.25) is 9.62 Å². The van der Waals surface area contributed by atoms with Crippen LogP contribution in [0.3, 0.4) is 0 Å². The standard InChI is InChI=1S/C18H15P.C2H4.2ClH.Pt/c1-4-10-16(11-5-1)19(17-12-6-2-7-13-17)18-14-8-3-9-15-18;1-2;;;/h1-15H;1-2H2;2*1H;/q;;;;+2/p-2. The first-order valence-corrected chi connectivity index (χ1v) is 17.8. The van der Waals surface area contributed by atoms with Gasteiger partial charge < -0.3 is 0 Å².